The molecular formula is C12H17NO3. The largest absolute Gasteiger partial charge is 0.419 e. The van der Waals surface area contributed by atoms with Crippen LogP contribution < -0.4 is 11.4 Å². The fourth-order valence-corrected chi connectivity index (χ4v) is 2.27. The zero-order valence-corrected chi connectivity index (χ0v) is 9.38. The molecule has 1 aromatic rings. The summed E-state index contributed by atoms with van der Waals surface area (Å²) in [5.41, 5.74) is 1.03. The Morgan fingerprint density at radius 2 is 1.50 bits per heavy atom. The predicted octanol–water partition coefficient (Wildman–Crippen LogP) is 1.77. The van der Waals surface area contributed by atoms with Crippen molar-refractivity contribution in [3.63, 3.8) is 0 Å². The summed E-state index contributed by atoms with van der Waals surface area (Å²) in [7, 11) is 0. The van der Waals surface area contributed by atoms with Crippen LogP contribution in [0.4, 0.5) is 0 Å². The summed E-state index contributed by atoms with van der Waals surface area (Å²) in [4.78, 5) is 25.3. The number of hydrogen-bond donors (Lipinski definition) is 1. The third-order valence-electron chi connectivity index (χ3n) is 3.15. The normalized spacial score (nSPS) is 17.8. The van der Waals surface area contributed by atoms with E-state index in [4.69, 9.17) is 0 Å². The summed E-state index contributed by atoms with van der Waals surface area (Å²) in [5, 5.41) is 0. The van der Waals surface area contributed by atoms with Crippen LogP contribution in [0.3, 0.4) is 0 Å². The van der Waals surface area contributed by atoms with Crippen LogP contribution in [0.25, 0.3) is 0 Å². The molecule has 88 valence electrons. The molecule has 0 amide bonds. The van der Waals surface area contributed by atoms with Gasteiger partial charge in [0.2, 0.25) is 0 Å². The average Bonchev–Trinajstić information content (AvgIpc) is 2.25. The van der Waals surface area contributed by atoms with Crippen molar-refractivity contribution in [1.82, 2.24) is 4.98 Å². The lowest BCUT2D eigenvalue weighted by atomic mass is 9.99. The zero-order chi connectivity index (χ0) is 11.4. The lowest BCUT2D eigenvalue weighted by molar-refractivity contribution is 0.429. The Balaban J connectivity index is 2.33. The highest BCUT2D eigenvalue weighted by Gasteiger charge is 2.11. The number of rotatable bonds is 0. The van der Waals surface area contributed by atoms with Crippen LogP contribution in [0.5, 0.6) is 0 Å². The first kappa shape index (κ1) is 11.2. The molecule has 4 heteroatoms. The summed E-state index contributed by atoms with van der Waals surface area (Å²) in [6.45, 7) is 0. The molecule has 0 unspecified atom stereocenters. The molecular weight excluding hydrogens is 206 g/mol. The molecule has 1 aliphatic carbocycles. The standard InChI is InChI=1S/C12H17NO3/c14-11-9-7-5-3-1-2-4-6-8-10(9)13-12(15)16-11/h1-8H2,(H,13,15). The lowest BCUT2D eigenvalue weighted by Gasteiger charge is -2.09. The van der Waals surface area contributed by atoms with Gasteiger partial charge < -0.3 is 4.42 Å². The molecule has 0 aromatic carbocycles. The van der Waals surface area contributed by atoms with E-state index in [1.807, 2.05) is 0 Å². The maximum Gasteiger partial charge on any atom is 0.419 e. The van der Waals surface area contributed by atoms with Crippen LogP contribution in [0.15, 0.2) is 14.0 Å². The second-order valence-corrected chi connectivity index (χ2v) is 4.38. The van der Waals surface area contributed by atoms with E-state index in [0.717, 1.165) is 37.8 Å². The summed E-state index contributed by atoms with van der Waals surface area (Å²) < 4.78 is 4.58. The first-order valence-electron chi connectivity index (χ1n) is 6.02. The van der Waals surface area contributed by atoms with E-state index in [2.05, 4.69) is 9.40 Å². The Hall–Kier alpha value is -1.32. The first-order chi connectivity index (χ1) is 7.77. The molecule has 1 N–H and O–H groups in total. The Morgan fingerprint density at radius 1 is 0.875 bits per heavy atom. The van der Waals surface area contributed by atoms with Crippen molar-refractivity contribution in [2.75, 3.05) is 0 Å². The molecule has 1 aromatic heterocycles. The van der Waals surface area contributed by atoms with Gasteiger partial charge in [0.05, 0.1) is 5.56 Å². The molecule has 1 aliphatic rings. The van der Waals surface area contributed by atoms with E-state index in [9.17, 15) is 9.59 Å². The average molecular weight is 223 g/mol. The van der Waals surface area contributed by atoms with Crippen LogP contribution in [-0.4, -0.2) is 4.98 Å². The fourth-order valence-electron chi connectivity index (χ4n) is 2.27. The zero-order valence-electron chi connectivity index (χ0n) is 9.38. The molecule has 0 fully saturated rings. The Labute approximate surface area is 93.7 Å². The number of nitrogens with one attached hydrogen (secondary N) is 1. The first-order valence-corrected chi connectivity index (χ1v) is 6.02. The second-order valence-electron chi connectivity index (χ2n) is 4.38. The third-order valence-corrected chi connectivity index (χ3v) is 3.15. The van der Waals surface area contributed by atoms with Gasteiger partial charge in [-0.15, -0.1) is 0 Å². The van der Waals surface area contributed by atoms with Gasteiger partial charge in [-0.05, 0) is 25.7 Å². The monoisotopic (exact) mass is 223 g/mol. The summed E-state index contributed by atoms with van der Waals surface area (Å²) in [5.74, 6) is -0.624. The molecule has 0 radical (unpaired) electrons. The highest BCUT2D eigenvalue weighted by Crippen LogP contribution is 2.14. The van der Waals surface area contributed by atoms with Crippen LogP contribution in [0, 0.1) is 0 Å². The molecule has 0 saturated carbocycles. The van der Waals surface area contributed by atoms with Gasteiger partial charge in [-0.2, -0.15) is 0 Å². The fraction of sp³-hybridized carbons (Fsp3) is 0.667. The van der Waals surface area contributed by atoms with E-state index in [1.165, 1.54) is 19.3 Å². The number of fused-ring (bicyclic) bond motifs is 1. The molecule has 4 nitrogen and oxygen atoms in total. The van der Waals surface area contributed by atoms with E-state index < -0.39 is 11.4 Å². The topological polar surface area (TPSA) is 63.1 Å². The van der Waals surface area contributed by atoms with E-state index in [-0.39, 0.29) is 0 Å². The summed E-state index contributed by atoms with van der Waals surface area (Å²) in [6.07, 6.45) is 8.37. The van der Waals surface area contributed by atoms with Gasteiger partial charge in [0.1, 0.15) is 0 Å². The van der Waals surface area contributed by atoms with Crippen molar-refractivity contribution in [3.8, 4) is 0 Å². The van der Waals surface area contributed by atoms with Crippen molar-refractivity contribution >= 4 is 0 Å². The maximum atomic E-state index is 11.6. The quantitative estimate of drug-likeness (QED) is 0.729. The number of aromatic nitrogens is 1. The van der Waals surface area contributed by atoms with Crippen LogP contribution >= 0.6 is 0 Å². The van der Waals surface area contributed by atoms with Crippen molar-refractivity contribution in [1.29, 1.82) is 0 Å². The van der Waals surface area contributed by atoms with Gasteiger partial charge in [0.15, 0.2) is 0 Å². The third kappa shape index (κ3) is 2.62. The van der Waals surface area contributed by atoms with Gasteiger partial charge in [0.25, 0.3) is 0 Å². The summed E-state index contributed by atoms with van der Waals surface area (Å²) >= 11 is 0. The van der Waals surface area contributed by atoms with Gasteiger partial charge in [-0.1, -0.05) is 25.7 Å². The maximum absolute atomic E-state index is 11.6. The van der Waals surface area contributed by atoms with Crippen molar-refractivity contribution in [3.05, 3.63) is 32.2 Å². The molecule has 0 bridgehead atoms. The number of aromatic amines is 1. The Kier molecular flexibility index (Phi) is 3.59. The van der Waals surface area contributed by atoms with Gasteiger partial charge >= 0.3 is 11.4 Å². The molecule has 0 spiro atoms. The minimum atomic E-state index is -0.624. The van der Waals surface area contributed by atoms with E-state index >= 15 is 0 Å². The van der Waals surface area contributed by atoms with Gasteiger partial charge in [0, 0.05) is 5.69 Å². The molecule has 0 aliphatic heterocycles. The van der Waals surface area contributed by atoms with Crippen LogP contribution in [0.1, 0.15) is 49.8 Å². The number of H-pyrrole nitrogens is 1. The minimum absolute atomic E-state index is 0.445. The predicted molar refractivity (Wildman–Crippen MR) is 60.7 cm³/mol. The highest BCUT2D eigenvalue weighted by molar-refractivity contribution is 5.15. The second kappa shape index (κ2) is 5.14. The SMILES string of the molecule is O=c1[nH]c2c(c(=O)o1)CCCCCCCC2. The number of hydrogen-bond acceptors (Lipinski definition) is 3. The van der Waals surface area contributed by atoms with E-state index in [0.29, 0.717) is 5.56 Å². The van der Waals surface area contributed by atoms with Crippen molar-refractivity contribution < 1.29 is 4.42 Å². The minimum Gasteiger partial charge on any atom is -0.372 e. The van der Waals surface area contributed by atoms with Crippen LogP contribution in [0.2, 0.25) is 0 Å². The highest BCUT2D eigenvalue weighted by atomic mass is 16.4. The van der Waals surface area contributed by atoms with Gasteiger partial charge in [-0.25, -0.2) is 9.59 Å². The summed E-state index contributed by atoms with van der Waals surface area (Å²) in [6, 6.07) is 0. The Morgan fingerprint density at radius 3 is 2.25 bits per heavy atom. The molecule has 0 atom stereocenters. The number of aryl methyl sites for hydroxylation is 1. The molecule has 1 heterocycles. The molecule has 16 heavy (non-hydrogen) atoms. The molecule has 0 saturated heterocycles. The van der Waals surface area contributed by atoms with Crippen molar-refractivity contribution in [2.24, 2.45) is 0 Å². The molecule has 2 rings (SSSR count). The van der Waals surface area contributed by atoms with Crippen molar-refractivity contribution in [2.45, 2.75) is 51.4 Å². The smallest absolute Gasteiger partial charge is 0.372 e. The van der Waals surface area contributed by atoms with E-state index in [1.54, 1.807) is 0 Å². The lowest BCUT2D eigenvalue weighted by Crippen LogP contribution is -2.22. The van der Waals surface area contributed by atoms with Crippen LogP contribution in [-0.2, 0) is 12.8 Å². The van der Waals surface area contributed by atoms with Gasteiger partial charge in [-0.3, -0.25) is 4.98 Å². The Bertz CT molecular complexity index is 458.